The lowest BCUT2D eigenvalue weighted by molar-refractivity contribution is 0.0988. The minimum Gasteiger partial charge on any atom is -0.396 e. The van der Waals surface area contributed by atoms with Crippen molar-refractivity contribution >= 4 is 17.5 Å². The summed E-state index contributed by atoms with van der Waals surface area (Å²) in [5.74, 6) is 0.0155. The van der Waals surface area contributed by atoms with Crippen molar-refractivity contribution < 1.29 is 19.8 Å². The van der Waals surface area contributed by atoms with Crippen molar-refractivity contribution in [2.45, 2.75) is 25.8 Å². The van der Waals surface area contributed by atoms with Crippen molar-refractivity contribution in [2.24, 2.45) is 5.92 Å². The van der Waals surface area contributed by atoms with Gasteiger partial charge in [0.15, 0.2) is 5.78 Å². The zero-order chi connectivity index (χ0) is 16.1. The number of rotatable bonds is 5. The van der Waals surface area contributed by atoms with E-state index < -0.39 is 0 Å². The van der Waals surface area contributed by atoms with Gasteiger partial charge in [0.05, 0.1) is 12.6 Å². The maximum Gasteiger partial charge on any atom is 0.322 e. The predicted molar refractivity (Wildman–Crippen MR) is 82.9 cm³/mol. The van der Waals surface area contributed by atoms with Gasteiger partial charge < -0.3 is 20.4 Å². The first-order valence-electron chi connectivity index (χ1n) is 7.51. The lowest BCUT2D eigenvalue weighted by Gasteiger charge is -2.23. The van der Waals surface area contributed by atoms with E-state index in [-0.39, 0.29) is 37.0 Å². The van der Waals surface area contributed by atoms with Crippen molar-refractivity contribution in [1.29, 1.82) is 0 Å². The number of carbonyl (C=O) groups excluding carboxylic acids is 2. The monoisotopic (exact) mass is 306 g/mol. The van der Waals surface area contributed by atoms with Crippen molar-refractivity contribution in [3.05, 3.63) is 29.8 Å². The van der Waals surface area contributed by atoms with E-state index in [4.69, 9.17) is 0 Å². The largest absolute Gasteiger partial charge is 0.396 e. The average Bonchev–Trinajstić information content (AvgIpc) is 2.98. The molecule has 1 aromatic carbocycles. The smallest absolute Gasteiger partial charge is 0.322 e. The third kappa shape index (κ3) is 3.64. The van der Waals surface area contributed by atoms with Gasteiger partial charge in [-0.05, 0) is 18.6 Å². The summed E-state index contributed by atoms with van der Waals surface area (Å²) in [6.45, 7) is 2.08. The highest BCUT2D eigenvalue weighted by atomic mass is 16.3. The summed E-state index contributed by atoms with van der Waals surface area (Å²) in [5.41, 5.74) is 1.11. The minimum absolute atomic E-state index is 0.000761. The Morgan fingerprint density at radius 3 is 2.73 bits per heavy atom. The van der Waals surface area contributed by atoms with Gasteiger partial charge in [-0.25, -0.2) is 4.79 Å². The van der Waals surface area contributed by atoms with Gasteiger partial charge in [-0.2, -0.15) is 0 Å². The van der Waals surface area contributed by atoms with Gasteiger partial charge in [0.1, 0.15) is 0 Å². The number of carbonyl (C=O) groups is 2. The normalized spacial score (nSPS) is 21.0. The van der Waals surface area contributed by atoms with Crippen LogP contribution in [0.5, 0.6) is 0 Å². The van der Waals surface area contributed by atoms with Crippen molar-refractivity contribution in [3.63, 3.8) is 0 Å². The first-order valence-corrected chi connectivity index (χ1v) is 7.51. The number of urea groups is 1. The first kappa shape index (κ1) is 16.5. The highest BCUT2D eigenvalue weighted by Gasteiger charge is 2.34. The Balaban J connectivity index is 2.07. The van der Waals surface area contributed by atoms with Crippen molar-refractivity contribution in [1.82, 2.24) is 4.90 Å². The van der Waals surface area contributed by atoms with Crippen molar-refractivity contribution in [2.75, 3.05) is 25.1 Å². The van der Waals surface area contributed by atoms with Crippen LogP contribution in [0.3, 0.4) is 0 Å². The summed E-state index contributed by atoms with van der Waals surface area (Å²) in [4.78, 5) is 25.6. The van der Waals surface area contributed by atoms with Gasteiger partial charge in [0, 0.05) is 36.7 Å². The summed E-state index contributed by atoms with van der Waals surface area (Å²) in [6.07, 6.45) is 1.00. The summed E-state index contributed by atoms with van der Waals surface area (Å²) in [7, 11) is 0. The molecule has 0 saturated carbocycles. The molecular formula is C16H22N2O4. The molecule has 0 spiro atoms. The number of Topliss-reactive ketones (excluding diaryl/α,β-unsaturated/α-hetero) is 1. The maximum atomic E-state index is 12.3. The second kappa shape index (κ2) is 7.38. The van der Waals surface area contributed by atoms with Gasteiger partial charge in [-0.3, -0.25) is 4.79 Å². The number of aliphatic hydroxyl groups excluding tert-OH is 2. The molecule has 120 valence electrons. The summed E-state index contributed by atoms with van der Waals surface area (Å²) in [6, 6.07) is 6.21. The number of nitrogens with one attached hydrogen (secondary N) is 1. The fourth-order valence-electron chi connectivity index (χ4n) is 2.74. The van der Waals surface area contributed by atoms with Crippen LogP contribution in [0.4, 0.5) is 10.5 Å². The number of anilines is 1. The molecular weight excluding hydrogens is 284 g/mol. The van der Waals surface area contributed by atoms with Crippen molar-refractivity contribution in [3.8, 4) is 0 Å². The fourth-order valence-corrected chi connectivity index (χ4v) is 2.74. The molecule has 1 aromatic rings. The standard InChI is InChI=1S/C16H22N2O4/c1-2-15(21)12-4-3-5-13(7-12)17-16(22)18-8-11(9-19)6-14(18)10-20/h3-5,7,11,14,19-20H,2,6,8-10H2,1H3,(H,17,22). The SMILES string of the molecule is CCC(=O)c1cccc(NC(=O)N2CC(CO)CC2CO)c1. The van der Waals surface area contributed by atoms with Gasteiger partial charge >= 0.3 is 6.03 Å². The van der Waals surface area contributed by atoms with E-state index in [0.717, 1.165) is 0 Å². The highest BCUT2D eigenvalue weighted by molar-refractivity contribution is 5.98. The molecule has 6 heteroatoms. The number of benzene rings is 1. The predicted octanol–water partition coefficient (Wildman–Crippen LogP) is 1.49. The molecule has 22 heavy (non-hydrogen) atoms. The molecule has 2 amide bonds. The average molecular weight is 306 g/mol. The second-order valence-corrected chi connectivity index (χ2v) is 5.56. The fraction of sp³-hybridized carbons (Fsp3) is 0.500. The molecule has 1 heterocycles. The maximum absolute atomic E-state index is 12.3. The first-order chi connectivity index (χ1) is 10.6. The van der Waals surface area contributed by atoms with E-state index in [1.807, 2.05) is 0 Å². The van der Waals surface area contributed by atoms with Crippen LogP contribution in [0, 0.1) is 5.92 Å². The lowest BCUT2D eigenvalue weighted by Crippen LogP contribution is -2.40. The molecule has 0 aliphatic carbocycles. The molecule has 0 aromatic heterocycles. The Labute approximate surface area is 129 Å². The van der Waals surface area contributed by atoms with Crippen LogP contribution in [-0.2, 0) is 0 Å². The summed E-state index contributed by atoms with van der Waals surface area (Å²) < 4.78 is 0. The van der Waals surface area contributed by atoms with E-state index >= 15 is 0 Å². The second-order valence-electron chi connectivity index (χ2n) is 5.56. The van der Waals surface area contributed by atoms with Crippen LogP contribution < -0.4 is 5.32 Å². The van der Waals surface area contributed by atoms with Gasteiger partial charge in [-0.15, -0.1) is 0 Å². The van der Waals surface area contributed by atoms with E-state index in [0.29, 0.717) is 30.6 Å². The molecule has 6 nitrogen and oxygen atoms in total. The van der Waals surface area contributed by atoms with Crippen LogP contribution >= 0.6 is 0 Å². The van der Waals surface area contributed by atoms with Gasteiger partial charge in [-0.1, -0.05) is 19.1 Å². The molecule has 3 N–H and O–H groups in total. The van der Waals surface area contributed by atoms with Crippen LogP contribution in [0.25, 0.3) is 0 Å². The lowest BCUT2D eigenvalue weighted by atomic mass is 10.1. The topological polar surface area (TPSA) is 89.9 Å². The number of hydrogen-bond donors (Lipinski definition) is 3. The molecule has 2 unspecified atom stereocenters. The molecule has 1 fully saturated rings. The summed E-state index contributed by atoms with van der Waals surface area (Å²) >= 11 is 0. The molecule has 0 bridgehead atoms. The molecule has 2 rings (SSSR count). The van der Waals surface area contributed by atoms with Crippen LogP contribution in [0.1, 0.15) is 30.1 Å². The highest BCUT2D eigenvalue weighted by Crippen LogP contribution is 2.24. The van der Waals surface area contributed by atoms with E-state index in [1.54, 1.807) is 31.2 Å². The Morgan fingerprint density at radius 2 is 2.09 bits per heavy atom. The molecule has 1 aliphatic rings. The number of likely N-dealkylation sites (tertiary alicyclic amines) is 1. The number of nitrogens with zero attached hydrogens (tertiary/aromatic N) is 1. The minimum atomic E-state index is -0.323. The molecule has 1 saturated heterocycles. The van der Waals surface area contributed by atoms with Crippen LogP contribution in [0.2, 0.25) is 0 Å². The molecule has 1 aliphatic heterocycles. The number of ketones is 1. The molecule has 2 atom stereocenters. The third-order valence-corrected chi connectivity index (χ3v) is 3.99. The zero-order valence-corrected chi connectivity index (χ0v) is 12.7. The quantitative estimate of drug-likeness (QED) is 0.719. The number of aliphatic hydroxyl groups is 2. The Kier molecular flexibility index (Phi) is 5.51. The number of hydrogen-bond acceptors (Lipinski definition) is 4. The Morgan fingerprint density at radius 1 is 1.32 bits per heavy atom. The zero-order valence-electron chi connectivity index (χ0n) is 12.7. The van der Waals surface area contributed by atoms with E-state index in [1.165, 1.54) is 4.90 Å². The summed E-state index contributed by atoms with van der Waals surface area (Å²) in [5, 5.41) is 21.3. The number of amides is 2. The Hall–Kier alpha value is -1.92. The van der Waals surface area contributed by atoms with Gasteiger partial charge in [0.2, 0.25) is 0 Å². The van der Waals surface area contributed by atoms with Crippen LogP contribution in [-0.4, -0.2) is 52.7 Å². The molecule has 0 radical (unpaired) electrons. The van der Waals surface area contributed by atoms with Gasteiger partial charge in [0.25, 0.3) is 0 Å². The Bertz CT molecular complexity index is 547. The third-order valence-electron chi connectivity index (χ3n) is 3.99. The van der Waals surface area contributed by atoms with Crippen LogP contribution in [0.15, 0.2) is 24.3 Å². The van der Waals surface area contributed by atoms with E-state index in [2.05, 4.69) is 5.32 Å². The van der Waals surface area contributed by atoms with E-state index in [9.17, 15) is 19.8 Å².